The van der Waals surface area contributed by atoms with Gasteiger partial charge in [-0.15, -0.1) is 4.98 Å². The second kappa shape index (κ2) is 6.72. The molecule has 6 nitrogen and oxygen atoms in total. The number of ether oxygens (including phenoxy) is 2. The number of anilines is 1. The Labute approximate surface area is 120 Å². The predicted octanol–water partition coefficient (Wildman–Crippen LogP) is 2.59. The molecule has 2 rings (SSSR count). The van der Waals surface area contributed by atoms with Crippen LogP contribution < -0.4 is 15.2 Å². The maximum Gasteiger partial charge on any atom is 0.324 e. The minimum absolute atomic E-state index is 0.0114. The van der Waals surface area contributed by atoms with Crippen LogP contribution in [-0.4, -0.2) is 27.2 Å². The molecular weight excluding hydrogens is 256 g/mol. The molecule has 2 unspecified atom stereocenters. The summed E-state index contributed by atoms with van der Waals surface area (Å²) in [5.41, 5.74) is 5.69. The lowest BCUT2D eigenvalue weighted by atomic mass is 9.85. The fourth-order valence-corrected chi connectivity index (χ4v) is 2.60. The van der Waals surface area contributed by atoms with Gasteiger partial charge in [0.05, 0.1) is 6.10 Å². The number of nitrogens with zero attached hydrogens (tertiary/aromatic N) is 3. The smallest absolute Gasteiger partial charge is 0.324 e. The quantitative estimate of drug-likeness (QED) is 0.892. The zero-order chi connectivity index (χ0) is 14.5. The van der Waals surface area contributed by atoms with Gasteiger partial charge in [-0.1, -0.05) is 13.3 Å². The largest absolute Gasteiger partial charge is 0.461 e. The van der Waals surface area contributed by atoms with Gasteiger partial charge in [0.2, 0.25) is 5.95 Å². The Morgan fingerprint density at radius 2 is 1.85 bits per heavy atom. The van der Waals surface area contributed by atoms with Gasteiger partial charge in [-0.3, -0.25) is 0 Å². The highest BCUT2D eigenvalue weighted by molar-refractivity contribution is 5.20. The van der Waals surface area contributed by atoms with Crippen LogP contribution in [0, 0.1) is 5.92 Å². The van der Waals surface area contributed by atoms with E-state index in [1.54, 1.807) is 0 Å². The number of rotatable bonds is 5. The first-order valence-electron chi connectivity index (χ1n) is 7.43. The molecule has 0 amide bonds. The number of aromatic nitrogens is 3. The predicted molar refractivity (Wildman–Crippen MR) is 76.7 cm³/mol. The lowest BCUT2D eigenvalue weighted by Crippen LogP contribution is -2.30. The zero-order valence-corrected chi connectivity index (χ0v) is 12.5. The second-order valence-electron chi connectivity index (χ2n) is 5.53. The van der Waals surface area contributed by atoms with Crippen molar-refractivity contribution in [2.24, 2.45) is 5.92 Å². The fraction of sp³-hybridized carbons (Fsp3) is 0.786. The first kappa shape index (κ1) is 14.8. The van der Waals surface area contributed by atoms with E-state index in [-0.39, 0.29) is 30.2 Å². The molecular formula is C14H24N4O2. The van der Waals surface area contributed by atoms with Crippen LogP contribution in [0.15, 0.2) is 0 Å². The van der Waals surface area contributed by atoms with Crippen molar-refractivity contribution < 1.29 is 9.47 Å². The van der Waals surface area contributed by atoms with Gasteiger partial charge in [-0.05, 0) is 45.4 Å². The van der Waals surface area contributed by atoms with E-state index in [2.05, 4.69) is 21.9 Å². The van der Waals surface area contributed by atoms with E-state index in [0.717, 1.165) is 12.8 Å². The minimum atomic E-state index is -0.0114. The molecule has 112 valence electrons. The summed E-state index contributed by atoms with van der Waals surface area (Å²) in [4.78, 5) is 12.2. The van der Waals surface area contributed by atoms with Gasteiger partial charge in [-0.2, -0.15) is 9.97 Å². The molecule has 1 heterocycles. The Morgan fingerprint density at radius 1 is 1.15 bits per heavy atom. The first-order valence-corrected chi connectivity index (χ1v) is 7.43. The van der Waals surface area contributed by atoms with Gasteiger partial charge in [0, 0.05) is 0 Å². The molecule has 2 atom stereocenters. The van der Waals surface area contributed by atoms with E-state index in [4.69, 9.17) is 15.2 Å². The summed E-state index contributed by atoms with van der Waals surface area (Å²) in [6.07, 6.45) is 5.99. The van der Waals surface area contributed by atoms with Crippen molar-refractivity contribution in [1.29, 1.82) is 0 Å². The van der Waals surface area contributed by atoms with E-state index >= 15 is 0 Å². The summed E-state index contributed by atoms with van der Waals surface area (Å²) in [7, 11) is 0. The summed E-state index contributed by atoms with van der Waals surface area (Å²) in [6.45, 7) is 6.02. The molecule has 0 spiro atoms. The number of nitrogen functional groups attached to an aromatic ring is 1. The van der Waals surface area contributed by atoms with Crippen LogP contribution in [0.2, 0.25) is 0 Å². The topological polar surface area (TPSA) is 83.2 Å². The molecule has 0 aliphatic heterocycles. The third-order valence-corrected chi connectivity index (χ3v) is 3.57. The van der Waals surface area contributed by atoms with Gasteiger partial charge >= 0.3 is 12.0 Å². The summed E-state index contributed by atoms with van der Waals surface area (Å²) in [6, 6.07) is 0.504. The molecule has 1 fully saturated rings. The molecule has 1 aromatic heterocycles. The Morgan fingerprint density at radius 3 is 2.55 bits per heavy atom. The van der Waals surface area contributed by atoms with Crippen LogP contribution in [0.3, 0.4) is 0 Å². The van der Waals surface area contributed by atoms with Crippen LogP contribution >= 0.6 is 0 Å². The van der Waals surface area contributed by atoms with Gasteiger partial charge in [-0.25, -0.2) is 0 Å². The van der Waals surface area contributed by atoms with Gasteiger partial charge in [0.1, 0.15) is 6.10 Å². The highest BCUT2D eigenvalue weighted by Crippen LogP contribution is 2.29. The van der Waals surface area contributed by atoms with Crippen molar-refractivity contribution in [1.82, 2.24) is 15.0 Å². The molecule has 0 radical (unpaired) electrons. The van der Waals surface area contributed by atoms with Gasteiger partial charge in [0.15, 0.2) is 0 Å². The molecule has 20 heavy (non-hydrogen) atoms. The third-order valence-electron chi connectivity index (χ3n) is 3.57. The van der Waals surface area contributed by atoms with Gasteiger partial charge < -0.3 is 15.2 Å². The average Bonchev–Trinajstić information content (AvgIpc) is 2.37. The Bertz CT molecular complexity index is 439. The third kappa shape index (κ3) is 3.95. The van der Waals surface area contributed by atoms with Crippen molar-refractivity contribution in [3.8, 4) is 12.0 Å². The molecule has 6 heteroatoms. The summed E-state index contributed by atoms with van der Waals surface area (Å²) < 4.78 is 11.4. The van der Waals surface area contributed by atoms with Gasteiger partial charge in [0.25, 0.3) is 0 Å². The number of nitrogens with two attached hydrogens (primary N) is 1. The van der Waals surface area contributed by atoms with E-state index in [1.807, 2.05) is 13.8 Å². The Balaban J connectivity index is 2.09. The van der Waals surface area contributed by atoms with Crippen LogP contribution in [0.5, 0.6) is 12.0 Å². The van der Waals surface area contributed by atoms with Crippen molar-refractivity contribution in [3.05, 3.63) is 0 Å². The summed E-state index contributed by atoms with van der Waals surface area (Å²) in [5.74, 6) is 0.700. The van der Waals surface area contributed by atoms with Crippen molar-refractivity contribution in [2.75, 3.05) is 5.73 Å². The zero-order valence-electron chi connectivity index (χ0n) is 12.5. The van der Waals surface area contributed by atoms with E-state index in [9.17, 15) is 0 Å². The highest BCUT2D eigenvalue weighted by Gasteiger charge is 2.26. The van der Waals surface area contributed by atoms with Crippen molar-refractivity contribution >= 4 is 5.95 Å². The minimum Gasteiger partial charge on any atom is -0.461 e. The van der Waals surface area contributed by atoms with Crippen molar-refractivity contribution in [2.45, 2.75) is 65.1 Å². The molecule has 1 saturated carbocycles. The SMILES string of the molecule is CCC1CCCCC1Oc1nc(N)nc(OC(C)C)n1. The number of hydrogen-bond donors (Lipinski definition) is 1. The molecule has 0 saturated heterocycles. The molecule has 0 bridgehead atoms. The maximum atomic E-state index is 5.94. The molecule has 1 aliphatic carbocycles. The second-order valence-corrected chi connectivity index (χ2v) is 5.53. The van der Waals surface area contributed by atoms with Crippen LogP contribution in [0.4, 0.5) is 5.95 Å². The molecule has 1 aliphatic rings. The average molecular weight is 280 g/mol. The summed E-state index contributed by atoms with van der Waals surface area (Å²) in [5, 5.41) is 0. The van der Waals surface area contributed by atoms with Crippen LogP contribution in [0.1, 0.15) is 52.9 Å². The fourth-order valence-electron chi connectivity index (χ4n) is 2.60. The normalized spacial score (nSPS) is 22.8. The lowest BCUT2D eigenvalue weighted by Gasteiger charge is -2.30. The molecule has 1 aromatic rings. The van der Waals surface area contributed by atoms with E-state index in [0.29, 0.717) is 5.92 Å². The Hall–Kier alpha value is -1.59. The first-order chi connectivity index (χ1) is 9.58. The summed E-state index contributed by atoms with van der Waals surface area (Å²) >= 11 is 0. The van der Waals surface area contributed by atoms with E-state index in [1.165, 1.54) is 19.3 Å². The Kier molecular flexibility index (Phi) is 4.98. The highest BCUT2D eigenvalue weighted by atomic mass is 16.5. The maximum absolute atomic E-state index is 5.94. The van der Waals surface area contributed by atoms with Crippen molar-refractivity contribution in [3.63, 3.8) is 0 Å². The monoisotopic (exact) mass is 280 g/mol. The molecule has 2 N–H and O–H groups in total. The lowest BCUT2D eigenvalue weighted by molar-refractivity contribution is 0.0791. The van der Waals surface area contributed by atoms with E-state index < -0.39 is 0 Å². The molecule has 0 aromatic carbocycles. The van der Waals surface area contributed by atoms with Crippen LogP contribution in [-0.2, 0) is 0 Å². The van der Waals surface area contributed by atoms with Crippen LogP contribution in [0.25, 0.3) is 0 Å². The standard InChI is InChI=1S/C14H24N4O2/c1-4-10-7-5-6-8-11(10)20-14-17-12(15)16-13(18-14)19-9(2)3/h9-11H,4-8H2,1-3H3,(H2,15,16,17,18). The number of hydrogen-bond acceptors (Lipinski definition) is 6.